The van der Waals surface area contributed by atoms with E-state index in [2.05, 4.69) is 12.0 Å². The largest absolute Gasteiger partial charge is 0.487 e. The summed E-state index contributed by atoms with van der Waals surface area (Å²) in [5.41, 5.74) is 1.49. The van der Waals surface area contributed by atoms with Crippen LogP contribution in [0.4, 0.5) is 0 Å². The van der Waals surface area contributed by atoms with E-state index >= 15 is 0 Å². The summed E-state index contributed by atoms with van der Waals surface area (Å²) in [6.45, 7) is 4.07. The van der Waals surface area contributed by atoms with Gasteiger partial charge < -0.3 is 9.64 Å². The van der Waals surface area contributed by atoms with Crippen LogP contribution in [0.3, 0.4) is 0 Å². The average molecular weight is 311 g/mol. The molecule has 0 saturated heterocycles. The third-order valence-electron chi connectivity index (χ3n) is 4.79. The maximum Gasteiger partial charge on any atom is 0.272 e. The van der Waals surface area contributed by atoms with Crippen LogP contribution in [0.2, 0.25) is 0 Å². The first-order valence-corrected chi connectivity index (χ1v) is 8.28. The molecule has 1 aromatic carbocycles. The molecule has 120 valence electrons. The second-order valence-corrected chi connectivity index (χ2v) is 6.42. The molecule has 1 fully saturated rings. The summed E-state index contributed by atoms with van der Waals surface area (Å²) in [6.07, 6.45) is 2.50. The number of para-hydroxylation sites is 1. The molecule has 1 aliphatic heterocycles. The second kappa shape index (κ2) is 5.72. The van der Waals surface area contributed by atoms with Crippen molar-refractivity contribution in [3.63, 3.8) is 0 Å². The highest BCUT2D eigenvalue weighted by Crippen LogP contribution is 2.36. The molecular weight excluding hydrogens is 290 g/mol. The first kappa shape index (κ1) is 14.3. The van der Waals surface area contributed by atoms with Crippen molar-refractivity contribution in [1.82, 2.24) is 14.7 Å². The van der Waals surface area contributed by atoms with Crippen molar-refractivity contribution in [2.24, 2.45) is 5.92 Å². The van der Waals surface area contributed by atoms with Gasteiger partial charge in [-0.1, -0.05) is 18.2 Å². The van der Waals surface area contributed by atoms with Gasteiger partial charge in [-0.15, -0.1) is 0 Å². The van der Waals surface area contributed by atoms with Gasteiger partial charge in [-0.05, 0) is 43.9 Å². The lowest BCUT2D eigenvalue weighted by Crippen LogP contribution is -2.46. The van der Waals surface area contributed by atoms with Crippen LogP contribution in [0.5, 0.6) is 5.75 Å². The lowest BCUT2D eigenvalue weighted by atomic mass is 10.1. The Hall–Kier alpha value is -2.30. The van der Waals surface area contributed by atoms with Crippen molar-refractivity contribution in [3.8, 4) is 5.75 Å². The molecule has 1 amide bonds. The van der Waals surface area contributed by atoms with Crippen LogP contribution in [0.25, 0.3) is 0 Å². The molecule has 2 aliphatic rings. The second-order valence-electron chi connectivity index (χ2n) is 6.42. The SMILES string of the molecule is C[C@H](C1CC1)N1CCn2nc(COc3ccccc3)cc2C1=O. The van der Waals surface area contributed by atoms with E-state index in [1.54, 1.807) is 0 Å². The summed E-state index contributed by atoms with van der Waals surface area (Å²) in [5.74, 6) is 1.61. The molecule has 0 radical (unpaired) electrons. The van der Waals surface area contributed by atoms with Gasteiger partial charge >= 0.3 is 0 Å². The number of benzene rings is 1. The van der Waals surface area contributed by atoms with Crippen LogP contribution in [0.1, 0.15) is 35.9 Å². The van der Waals surface area contributed by atoms with Crippen molar-refractivity contribution in [2.75, 3.05) is 6.54 Å². The number of carbonyl (C=O) groups is 1. The van der Waals surface area contributed by atoms with Crippen molar-refractivity contribution >= 4 is 5.91 Å². The fourth-order valence-corrected chi connectivity index (χ4v) is 3.23. The van der Waals surface area contributed by atoms with E-state index in [-0.39, 0.29) is 5.91 Å². The molecule has 2 heterocycles. The number of amides is 1. The molecule has 5 nitrogen and oxygen atoms in total. The Kier molecular flexibility index (Phi) is 3.56. The maximum atomic E-state index is 12.7. The Balaban J connectivity index is 1.47. The van der Waals surface area contributed by atoms with Crippen LogP contribution in [0.15, 0.2) is 36.4 Å². The number of hydrogen-bond donors (Lipinski definition) is 0. The Labute approximate surface area is 135 Å². The molecule has 1 aromatic heterocycles. The van der Waals surface area contributed by atoms with Crippen LogP contribution in [-0.2, 0) is 13.2 Å². The first-order chi connectivity index (χ1) is 11.2. The summed E-state index contributed by atoms with van der Waals surface area (Å²) >= 11 is 0. The molecule has 1 atom stereocenters. The zero-order chi connectivity index (χ0) is 15.8. The highest BCUT2D eigenvalue weighted by atomic mass is 16.5. The van der Waals surface area contributed by atoms with Crippen molar-refractivity contribution in [3.05, 3.63) is 47.8 Å². The molecule has 0 bridgehead atoms. The lowest BCUT2D eigenvalue weighted by Gasteiger charge is -2.32. The molecule has 0 spiro atoms. The number of aromatic nitrogens is 2. The smallest absolute Gasteiger partial charge is 0.272 e. The monoisotopic (exact) mass is 311 g/mol. The summed E-state index contributed by atoms with van der Waals surface area (Å²) in [4.78, 5) is 14.7. The lowest BCUT2D eigenvalue weighted by molar-refractivity contribution is 0.0604. The Morgan fingerprint density at radius 1 is 1.26 bits per heavy atom. The topological polar surface area (TPSA) is 47.4 Å². The minimum Gasteiger partial charge on any atom is -0.487 e. The van der Waals surface area contributed by atoms with E-state index in [0.29, 0.717) is 24.3 Å². The Bertz CT molecular complexity index is 706. The van der Waals surface area contributed by atoms with Crippen LogP contribution in [-0.4, -0.2) is 33.2 Å². The van der Waals surface area contributed by atoms with Gasteiger partial charge in [0, 0.05) is 12.6 Å². The zero-order valence-electron chi connectivity index (χ0n) is 13.3. The summed E-state index contributed by atoms with van der Waals surface area (Å²) in [7, 11) is 0. The Morgan fingerprint density at radius 2 is 2.04 bits per heavy atom. The number of carbonyl (C=O) groups excluding carboxylic acids is 1. The van der Waals surface area contributed by atoms with E-state index in [9.17, 15) is 4.79 Å². The van der Waals surface area contributed by atoms with E-state index in [1.165, 1.54) is 12.8 Å². The molecule has 0 N–H and O–H groups in total. The summed E-state index contributed by atoms with van der Waals surface area (Å²) < 4.78 is 7.55. The molecular formula is C18H21N3O2. The van der Waals surface area contributed by atoms with E-state index in [4.69, 9.17) is 4.74 Å². The normalized spacial score (nSPS) is 18.7. The fraction of sp³-hybridized carbons (Fsp3) is 0.444. The van der Waals surface area contributed by atoms with E-state index in [1.807, 2.05) is 46.0 Å². The average Bonchev–Trinajstić information content (AvgIpc) is 3.34. The minimum atomic E-state index is 0.106. The third kappa shape index (κ3) is 2.83. The minimum absolute atomic E-state index is 0.106. The summed E-state index contributed by atoms with van der Waals surface area (Å²) in [5, 5.41) is 4.51. The molecule has 1 aliphatic carbocycles. The van der Waals surface area contributed by atoms with Crippen molar-refractivity contribution in [1.29, 1.82) is 0 Å². The van der Waals surface area contributed by atoms with Crippen LogP contribution >= 0.6 is 0 Å². The predicted molar refractivity (Wildman–Crippen MR) is 86.2 cm³/mol. The van der Waals surface area contributed by atoms with Gasteiger partial charge in [0.05, 0.1) is 6.54 Å². The number of hydrogen-bond acceptors (Lipinski definition) is 3. The van der Waals surface area contributed by atoms with Crippen LogP contribution in [0, 0.1) is 5.92 Å². The van der Waals surface area contributed by atoms with Gasteiger partial charge in [-0.3, -0.25) is 9.48 Å². The highest BCUT2D eigenvalue weighted by Gasteiger charge is 2.37. The number of ether oxygens (including phenoxy) is 1. The standard InChI is InChI=1S/C18H21N3O2/c1-13(14-7-8-14)20-9-10-21-17(18(20)22)11-15(19-21)12-23-16-5-3-2-4-6-16/h2-6,11,13-14H,7-10,12H2,1H3/t13-/m1/s1. The first-order valence-electron chi connectivity index (χ1n) is 8.28. The zero-order valence-corrected chi connectivity index (χ0v) is 13.3. The number of fused-ring (bicyclic) bond motifs is 1. The molecule has 0 unspecified atom stereocenters. The van der Waals surface area contributed by atoms with E-state index < -0.39 is 0 Å². The predicted octanol–water partition coefficient (Wildman–Crippen LogP) is 2.72. The van der Waals surface area contributed by atoms with Gasteiger partial charge in [0.2, 0.25) is 0 Å². The van der Waals surface area contributed by atoms with Crippen molar-refractivity contribution in [2.45, 2.75) is 39.0 Å². The quantitative estimate of drug-likeness (QED) is 0.853. The molecule has 2 aromatic rings. The molecule has 23 heavy (non-hydrogen) atoms. The third-order valence-corrected chi connectivity index (χ3v) is 4.79. The maximum absolute atomic E-state index is 12.7. The fourth-order valence-electron chi connectivity index (χ4n) is 3.23. The van der Waals surface area contributed by atoms with Crippen LogP contribution < -0.4 is 4.74 Å². The summed E-state index contributed by atoms with van der Waals surface area (Å²) in [6, 6.07) is 11.9. The highest BCUT2D eigenvalue weighted by molar-refractivity contribution is 5.93. The van der Waals surface area contributed by atoms with E-state index in [0.717, 1.165) is 24.5 Å². The Morgan fingerprint density at radius 3 is 2.78 bits per heavy atom. The van der Waals surface area contributed by atoms with Crippen molar-refractivity contribution < 1.29 is 9.53 Å². The molecule has 1 saturated carbocycles. The number of rotatable bonds is 5. The van der Waals surface area contributed by atoms with Gasteiger partial charge in [0.15, 0.2) is 0 Å². The van der Waals surface area contributed by atoms with Gasteiger partial charge in [0.25, 0.3) is 5.91 Å². The molecule has 5 heteroatoms. The van der Waals surface area contributed by atoms with Gasteiger partial charge in [0.1, 0.15) is 23.7 Å². The van der Waals surface area contributed by atoms with Gasteiger partial charge in [-0.25, -0.2) is 0 Å². The van der Waals surface area contributed by atoms with Gasteiger partial charge in [-0.2, -0.15) is 5.10 Å². The molecule has 4 rings (SSSR count). The number of nitrogens with zero attached hydrogens (tertiary/aromatic N) is 3.